The number of aromatic nitrogens is 8. The SMILES string of the molecule is CC(=O)Nc1nc2c(nc1CCc1ccccc1)-c1ccc(N)cc1CC2.CC(C)CC(=O)Nc1nc2c(nc1CCc1ccccc1)-c1ccc(N)cc1CC2.CCC(C)C(=O)Nc1nc2c(nc1CCc1ccccc1)-c1ccc(N)cc1CC2.Nc1ccc2c(c1)CCc1nc(NC(=O)CC3CCCCC3)c(CCc3ccccc3)nc1-2. The number of benzene rings is 8. The standard InChI is InChI=1S/C28H32N4O.2C25H28N4O.C22H22N4O/c29-22-13-14-23-21(18-22)12-16-24-27(23)30-25(15-11-19-7-3-1-4-8-19)28(31-24)32-26(33)17-20-9-5-2-6-10-20;1-16(2)14-23(30)29-25-22(12-8-17-6-4-3-5-7-17)27-24-20-11-10-19(26)15-18(20)9-13-21(24)28-25;1-3-16(2)25(30)29-24-22(13-9-17-7-5-4-6-8-17)27-23-20-12-11-19(26)15-18(20)10-14-21(23)28-24;1-14(27)24-22-20(11-7-15-5-3-2-4-6-15)25-21-18-10-9-17(23)13-16(18)8-12-19(21)26-22/h1,3-4,7-8,13-14,18,20H,2,5-6,9-12,15-17,29H2,(H,31,32,33);3-7,10-11,15-16H,8-9,12-14,26H2,1-2H3,(H,28,29,30);4-8,11-12,15-16H,3,9-10,13-14,26H2,1-2H3,(H,28,29,30);2-6,9-10,13H,7-8,11-12,23H2,1H3,(H,24,26,27). The highest BCUT2D eigenvalue weighted by atomic mass is 16.2. The third-order valence-corrected chi connectivity index (χ3v) is 23.1. The van der Waals surface area contributed by atoms with Crippen LogP contribution in [0.2, 0.25) is 0 Å². The van der Waals surface area contributed by atoms with Crippen LogP contribution in [-0.2, 0) is 122 Å². The minimum Gasteiger partial charge on any atom is -0.399 e. The van der Waals surface area contributed by atoms with E-state index < -0.39 is 0 Å². The van der Waals surface area contributed by atoms with Gasteiger partial charge in [-0.3, -0.25) is 19.2 Å². The summed E-state index contributed by atoms with van der Waals surface area (Å²) in [6.07, 6.45) is 20.9. The quantitative estimate of drug-likeness (QED) is 0.0292. The lowest BCUT2D eigenvalue weighted by atomic mass is 9.87. The van der Waals surface area contributed by atoms with Crippen LogP contribution in [0.3, 0.4) is 0 Å². The second-order valence-corrected chi connectivity index (χ2v) is 32.7. The van der Waals surface area contributed by atoms with Gasteiger partial charge in [0.15, 0.2) is 23.3 Å². The normalized spacial score (nSPS) is 13.4. The number of nitrogens with one attached hydrogen (secondary N) is 4. The summed E-state index contributed by atoms with van der Waals surface area (Å²) in [6, 6.07) is 65.3. The molecular weight excluding hydrogens is 1490 g/mol. The van der Waals surface area contributed by atoms with Crippen molar-refractivity contribution in [3.05, 3.63) is 284 Å². The van der Waals surface area contributed by atoms with Gasteiger partial charge in [0.2, 0.25) is 23.6 Å². The zero-order valence-corrected chi connectivity index (χ0v) is 69.7. The van der Waals surface area contributed by atoms with E-state index in [1.807, 2.05) is 155 Å². The van der Waals surface area contributed by atoms with Crippen LogP contribution in [-0.4, -0.2) is 63.5 Å². The summed E-state index contributed by atoms with van der Waals surface area (Å²) in [7, 11) is 0. The monoisotopic (exact) mass is 1600 g/mol. The fourth-order valence-electron chi connectivity index (χ4n) is 16.5. The summed E-state index contributed by atoms with van der Waals surface area (Å²) in [4.78, 5) is 89.1. The first-order valence-corrected chi connectivity index (χ1v) is 42.8. The Morgan fingerprint density at radius 2 is 0.658 bits per heavy atom. The average Bonchev–Trinajstić information content (AvgIpc) is 0.794. The molecule has 17 rings (SSSR count). The van der Waals surface area contributed by atoms with Gasteiger partial charge < -0.3 is 44.2 Å². The second-order valence-electron chi connectivity index (χ2n) is 32.7. The molecule has 614 valence electrons. The van der Waals surface area contributed by atoms with Crippen molar-refractivity contribution < 1.29 is 19.2 Å². The Balaban J connectivity index is 0.000000131. The Kier molecular flexibility index (Phi) is 27.6. The lowest BCUT2D eigenvalue weighted by Gasteiger charge is -2.23. The Morgan fingerprint density at radius 1 is 0.358 bits per heavy atom. The van der Waals surface area contributed by atoms with Gasteiger partial charge in [-0.05, 0) is 227 Å². The van der Waals surface area contributed by atoms with Crippen LogP contribution in [0, 0.1) is 17.8 Å². The van der Waals surface area contributed by atoms with Crippen molar-refractivity contribution >= 4 is 69.6 Å². The molecule has 8 aromatic carbocycles. The van der Waals surface area contributed by atoms with E-state index in [0.717, 1.165) is 216 Å². The molecule has 20 nitrogen and oxygen atoms in total. The highest BCUT2D eigenvalue weighted by Crippen LogP contribution is 2.40. The first kappa shape index (κ1) is 83.6. The number of nitrogens with zero attached hydrogens (tertiary/aromatic N) is 8. The van der Waals surface area contributed by atoms with Crippen molar-refractivity contribution in [1.82, 2.24) is 39.9 Å². The molecule has 0 aliphatic heterocycles. The van der Waals surface area contributed by atoms with E-state index >= 15 is 0 Å². The highest BCUT2D eigenvalue weighted by Gasteiger charge is 2.29. The number of aryl methyl sites for hydroxylation is 16. The van der Waals surface area contributed by atoms with Crippen LogP contribution in [0.15, 0.2) is 194 Å². The second kappa shape index (κ2) is 39.6. The van der Waals surface area contributed by atoms with E-state index in [1.54, 1.807) is 0 Å². The van der Waals surface area contributed by atoms with Gasteiger partial charge in [-0.2, -0.15) is 0 Å². The minimum absolute atomic E-state index is 0.00306. The smallest absolute Gasteiger partial charge is 0.228 e. The molecular formula is C100H110N16O4. The number of hydrogen-bond donors (Lipinski definition) is 8. The molecule has 4 amide bonds. The molecule has 1 saturated carbocycles. The molecule has 1 atom stereocenters. The Morgan fingerprint density at radius 3 is 0.958 bits per heavy atom. The molecule has 4 aromatic heterocycles. The number of amides is 4. The number of anilines is 8. The van der Waals surface area contributed by atoms with E-state index in [-0.39, 0.29) is 29.5 Å². The van der Waals surface area contributed by atoms with Gasteiger partial charge in [-0.25, -0.2) is 39.9 Å². The summed E-state index contributed by atoms with van der Waals surface area (Å²) < 4.78 is 0. The molecule has 1 unspecified atom stereocenters. The minimum atomic E-state index is -0.130. The molecule has 5 aliphatic carbocycles. The molecule has 12 N–H and O–H groups in total. The highest BCUT2D eigenvalue weighted by molar-refractivity contribution is 5.93. The maximum Gasteiger partial charge on any atom is 0.228 e. The molecule has 0 saturated heterocycles. The van der Waals surface area contributed by atoms with E-state index in [4.69, 9.17) is 62.8 Å². The van der Waals surface area contributed by atoms with Crippen LogP contribution in [0.4, 0.5) is 46.0 Å². The predicted octanol–water partition coefficient (Wildman–Crippen LogP) is 18.3. The van der Waals surface area contributed by atoms with E-state index in [1.165, 1.54) is 70.7 Å². The van der Waals surface area contributed by atoms with Crippen molar-refractivity contribution in [1.29, 1.82) is 0 Å². The molecule has 0 bridgehead atoms. The summed E-state index contributed by atoms with van der Waals surface area (Å²) in [5.41, 5.74) is 52.0. The number of fused-ring (bicyclic) bond motifs is 12. The van der Waals surface area contributed by atoms with Gasteiger partial charge in [-0.1, -0.05) is 193 Å². The van der Waals surface area contributed by atoms with Gasteiger partial charge >= 0.3 is 0 Å². The Labute approximate surface area is 704 Å². The van der Waals surface area contributed by atoms with Crippen LogP contribution >= 0.6 is 0 Å². The number of nitrogens with two attached hydrogens (primary N) is 4. The summed E-state index contributed by atoms with van der Waals surface area (Å²) in [5.74, 6) is 3.09. The fraction of sp³-hybridized carbons (Fsp3) is 0.320. The zero-order chi connectivity index (χ0) is 83.6. The number of rotatable bonds is 22. The number of nitrogen functional groups attached to an aromatic ring is 4. The Bertz CT molecular complexity index is 5640. The number of hydrogen-bond acceptors (Lipinski definition) is 16. The maximum absolute atomic E-state index is 12.9. The Hall–Kier alpha value is -12.8. The molecule has 5 aliphatic rings. The molecule has 12 aromatic rings. The first-order valence-electron chi connectivity index (χ1n) is 42.8. The topological polar surface area (TPSA) is 324 Å². The van der Waals surface area contributed by atoms with Crippen molar-refractivity contribution in [2.45, 2.75) is 189 Å². The van der Waals surface area contributed by atoms with Crippen molar-refractivity contribution in [3.8, 4) is 45.0 Å². The van der Waals surface area contributed by atoms with Gasteiger partial charge in [0, 0.05) is 70.7 Å². The fourth-order valence-corrected chi connectivity index (χ4v) is 16.5. The summed E-state index contributed by atoms with van der Waals surface area (Å²) >= 11 is 0. The third-order valence-electron chi connectivity index (χ3n) is 23.1. The summed E-state index contributed by atoms with van der Waals surface area (Å²) in [6.45, 7) is 9.53. The van der Waals surface area contributed by atoms with Gasteiger partial charge in [-0.15, -0.1) is 0 Å². The first-order chi connectivity index (χ1) is 58.3. The molecule has 120 heavy (non-hydrogen) atoms. The molecule has 0 radical (unpaired) electrons. The third kappa shape index (κ3) is 21.7. The van der Waals surface area contributed by atoms with E-state index in [0.29, 0.717) is 67.2 Å². The predicted molar refractivity (Wildman–Crippen MR) is 483 cm³/mol. The average molecular weight is 1600 g/mol. The summed E-state index contributed by atoms with van der Waals surface area (Å²) in [5, 5.41) is 12.1. The lowest BCUT2D eigenvalue weighted by Crippen LogP contribution is -2.23. The maximum atomic E-state index is 12.9. The molecule has 0 spiro atoms. The molecule has 4 heterocycles. The lowest BCUT2D eigenvalue weighted by molar-refractivity contribution is -0.119. The largest absolute Gasteiger partial charge is 0.399 e. The van der Waals surface area contributed by atoms with Crippen LogP contribution < -0.4 is 44.2 Å². The van der Waals surface area contributed by atoms with Crippen LogP contribution in [0.25, 0.3) is 45.0 Å². The number of carbonyl (C=O) groups is 4. The zero-order valence-electron chi connectivity index (χ0n) is 69.7. The molecule has 20 heteroatoms. The molecule has 1 fully saturated rings. The van der Waals surface area contributed by atoms with E-state index in [9.17, 15) is 19.2 Å². The van der Waals surface area contributed by atoms with Crippen molar-refractivity contribution in [2.24, 2.45) is 17.8 Å². The van der Waals surface area contributed by atoms with Gasteiger partial charge in [0.25, 0.3) is 0 Å². The van der Waals surface area contributed by atoms with Crippen LogP contribution in [0.1, 0.15) is 176 Å². The number of carbonyl (C=O) groups excluding carboxylic acids is 4. The van der Waals surface area contributed by atoms with Gasteiger partial charge in [0.1, 0.15) is 0 Å². The van der Waals surface area contributed by atoms with Gasteiger partial charge in [0.05, 0.1) is 68.3 Å². The van der Waals surface area contributed by atoms with Crippen LogP contribution in [0.5, 0.6) is 0 Å². The van der Waals surface area contributed by atoms with E-state index in [2.05, 4.69) is 88.0 Å². The van der Waals surface area contributed by atoms with Crippen molar-refractivity contribution in [2.75, 3.05) is 44.2 Å². The van der Waals surface area contributed by atoms with Crippen molar-refractivity contribution in [3.63, 3.8) is 0 Å².